The molecule has 0 bridgehead atoms. The summed E-state index contributed by atoms with van der Waals surface area (Å²) in [4.78, 5) is 10.3. The predicted octanol–water partition coefficient (Wildman–Crippen LogP) is 4.51. The summed E-state index contributed by atoms with van der Waals surface area (Å²) >= 11 is 3.66. The van der Waals surface area contributed by atoms with E-state index in [1.54, 1.807) is 11.3 Å². The molecule has 1 saturated heterocycles. The van der Waals surface area contributed by atoms with Crippen LogP contribution < -0.4 is 10.6 Å². The third-order valence-corrected chi connectivity index (χ3v) is 6.99. The van der Waals surface area contributed by atoms with Gasteiger partial charge in [-0.2, -0.15) is 0 Å². The zero-order valence-electron chi connectivity index (χ0n) is 15.9. The molecule has 6 heteroatoms. The fourth-order valence-corrected chi connectivity index (χ4v) is 5.42. The van der Waals surface area contributed by atoms with Gasteiger partial charge >= 0.3 is 0 Å². The number of aliphatic imine (C=N–C) groups is 1. The van der Waals surface area contributed by atoms with Gasteiger partial charge in [-0.1, -0.05) is 12.1 Å². The molecule has 1 fully saturated rings. The average Bonchev–Trinajstić information content (AvgIpc) is 3.33. The van der Waals surface area contributed by atoms with E-state index in [1.807, 2.05) is 11.3 Å². The first-order valence-corrected chi connectivity index (χ1v) is 11.3. The van der Waals surface area contributed by atoms with E-state index >= 15 is 0 Å². The first kappa shape index (κ1) is 19.4. The second-order valence-electron chi connectivity index (χ2n) is 6.94. The highest BCUT2D eigenvalue weighted by Crippen LogP contribution is 2.37. The standard InChI is InChI=1S/C20H30N4S2/c1-4-21-20(23-15(2)17-9-6-12-25-17)22-14-16-8-5-11-24(3)19(16)18-10-7-13-26-18/h6-7,9-10,12-13,15-16,19H,4-5,8,11,14H2,1-3H3,(H2,21,22,23). The quantitative estimate of drug-likeness (QED) is 0.563. The molecule has 2 N–H and O–H groups in total. The Labute approximate surface area is 165 Å². The molecule has 4 nitrogen and oxygen atoms in total. The van der Waals surface area contributed by atoms with Crippen LogP contribution in [0.25, 0.3) is 0 Å². The molecule has 3 unspecified atom stereocenters. The van der Waals surface area contributed by atoms with Crippen molar-refractivity contribution in [2.24, 2.45) is 10.9 Å². The molecule has 0 amide bonds. The number of nitrogens with zero attached hydrogens (tertiary/aromatic N) is 2. The van der Waals surface area contributed by atoms with Crippen LogP contribution >= 0.6 is 22.7 Å². The van der Waals surface area contributed by atoms with Gasteiger partial charge in [0.05, 0.1) is 6.04 Å². The normalized spacial score (nSPS) is 23.0. The number of rotatable bonds is 6. The highest BCUT2D eigenvalue weighted by molar-refractivity contribution is 7.10. The van der Waals surface area contributed by atoms with Gasteiger partial charge in [0.25, 0.3) is 0 Å². The lowest BCUT2D eigenvalue weighted by atomic mass is 9.88. The summed E-state index contributed by atoms with van der Waals surface area (Å²) < 4.78 is 0. The van der Waals surface area contributed by atoms with Crippen LogP contribution in [0, 0.1) is 5.92 Å². The molecule has 2 aromatic rings. The lowest BCUT2D eigenvalue weighted by Gasteiger charge is -2.38. The Morgan fingerprint density at radius 1 is 1.31 bits per heavy atom. The summed E-state index contributed by atoms with van der Waals surface area (Å²) in [6, 6.07) is 9.48. The van der Waals surface area contributed by atoms with Crippen molar-refractivity contribution in [1.82, 2.24) is 15.5 Å². The molecule has 0 aromatic carbocycles. The van der Waals surface area contributed by atoms with Crippen LogP contribution in [0.15, 0.2) is 40.0 Å². The zero-order chi connectivity index (χ0) is 18.4. The van der Waals surface area contributed by atoms with Gasteiger partial charge in [-0.05, 0) is 69.1 Å². The maximum absolute atomic E-state index is 4.96. The Morgan fingerprint density at radius 3 is 2.81 bits per heavy atom. The summed E-state index contributed by atoms with van der Waals surface area (Å²) in [7, 11) is 2.25. The van der Waals surface area contributed by atoms with Gasteiger partial charge < -0.3 is 10.6 Å². The summed E-state index contributed by atoms with van der Waals surface area (Å²) in [5, 5.41) is 11.3. The molecular formula is C20H30N4S2. The molecule has 0 spiro atoms. The summed E-state index contributed by atoms with van der Waals surface area (Å²) in [6.07, 6.45) is 2.50. The topological polar surface area (TPSA) is 39.7 Å². The molecule has 3 atom stereocenters. The van der Waals surface area contributed by atoms with Crippen molar-refractivity contribution in [1.29, 1.82) is 0 Å². The van der Waals surface area contributed by atoms with Crippen LogP contribution in [-0.2, 0) is 0 Å². The second kappa shape index (κ2) is 9.53. The minimum atomic E-state index is 0.273. The van der Waals surface area contributed by atoms with Crippen LogP contribution in [0.5, 0.6) is 0 Å². The Kier molecular flexibility index (Phi) is 7.11. The predicted molar refractivity (Wildman–Crippen MR) is 114 cm³/mol. The maximum atomic E-state index is 4.96. The van der Waals surface area contributed by atoms with Gasteiger partial charge in [-0.15, -0.1) is 22.7 Å². The number of likely N-dealkylation sites (tertiary alicyclic amines) is 1. The van der Waals surface area contributed by atoms with Crippen molar-refractivity contribution in [3.8, 4) is 0 Å². The van der Waals surface area contributed by atoms with Crippen molar-refractivity contribution in [2.75, 3.05) is 26.7 Å². The fraction of sp³-hybridized carbons (Fsp3) is 0.550. The molecule has 142 valence electrons. The van der Waals surface area contributed by atoms with Crippen LogP contribution in [0.4, 0.5) is 0 Å². The molecular weight excluding hydrogens is 360 g/mol. The van der Waals surface area contributed by atoms with E-state index in [2.05, 4.69) is 71.5 Å². The third-order valence-electron chi connectivity index (χ3n) is 4.99. The Hall–Kier alpha value is -1.37. The van der Waals surface area contributed by atoms with Gasteiger partial charge in [0.2, 0.25) is 0 Å². The molecule has 3 rings (SSSR count). The molecule has 1 aliphatic rings. The maximum Gasteiger partial charge on any atom is 0.191 e. The molecule has 0 saturated carbocycles. The summed E-state index contributed by atoms with van der Waals surface area (Å²) in [6.45, 7) is 7.23. The smallest absolute Gasteiger partial charge is 0.191 e. The van der Waals surface area contributed by atoms with Crippen molar-refractivity contribution in [2.45, 2.75) is 38.8 Å². The number of thiophene rings is 2. The van der Waals surface area contributed by atoms with Crippen LogP contribution in [-0.4, -0.2) is 37.5 Å². The third kappa shape index (κ3) is 4.87. The molecule has 0 radical (unpaired) electrons. The Balaban J connectivity index is 1.69. The van der Waals surface area contributed by atoms with Crippen molar-refractivity contribution < 1.29 is 0 Å². The number of nitrogens with one attached hydrogen (secondary N) is 2. The Morgan fingerprint density at radius 2 is 2.12 bits per heavy atom. The highest BCUT2D eigenvalue weighted by atomic mass is 32.1. The highest BCUT2D eigenvalue weighted by Gasteiger charge is 2.31. The van der Waals surface area contributed by atoms with Crippen LogP contribution in [0.3, 0.4) is 0 Å². The lowest BCUT2D eigenvalue weighted by molar-refractivity contribution is 0.128. The number of guanidine groups is 1. The molecule has 26 heavy (non-hydrogen) atoms. The fourth-order valence-electron chi connectivity index (χ4n) is 3.70. The minimum Gasteiger partial charge on any atom is -0.357 e. The van der Waals surface area contributed by atoms with Crippen LogP contribution in [0.2, 0.25) is 0 Å². The van der Waals surface area contributed by atoms with E-state index < -0.39 is 0 Å². The van der Waals surface area contributed by atoms with Gasteiger partial charge in [-0.25, -0.2) is 0 Å². The van der Waals surface area contributed by atoms with Crippen molar-refractivity contribution in [3.05, 3.63) is 44.8 Å². The minimum absolute atomic E-state index is 0.273. The second-order valence-corrected chi connectivity index (χ2v) is 8.90. The van der Waals surface area contributed by atoms with Crippen molar-refractivity contribution in [3.63, 3.8) is 0 Å². The van der Waals surface area contributed by atoms with E-state index in [4.69, 9.17) is 4.99 Å². The van der Waals surface area contributed by atoms with Gasteiger partial charge in [0.1, 0.15) is 0 Å². The number of hydrogen-bond acceptors (Lipinski definition) is 4. The monoisotopic (exact) mass is 390 g/mol. The lowest BCUT2D eigenvalue weighted by Crippen LogP contribution is -2.40. The average molecular weight is 391 g/mol. The van der Waals surface area contributed by atoms with Gasteiger partial charge in [0, 0.05) is 28.9 Å². The molecule has 3 heterocycles. The van der Waals surface area contributed by atoms with E-state index in [0.29, 0.717) is 12.0 Å². The zero-order valence-corrected chi connectivity index (χ0v) is 17.6. The Bertz CT molecular complexity index is 666. The molecule has 1 aliphatic heterocycles. The molecule has 2 aromatic heterocycles. The van der Waals surface area contributed by atoms with E-state index in [-0.39, 0.29) is 6.04 Å². The SMILES string of the molecule is CCNC(=NCC1CCCN(C)C1c1cccs1)NC(C)c1cccs1. The summed E-state index contributed by atoms with van der Waals surface area (Å²) in [5.74, 6) is 1.49. The van der Waals surface area contributed by atoms with E-state index in [0.717, 1.165) is 19.0 Å². The first-order chi connectivity index (χ1) is 12.7. The van der Waals surface area contributed by atoms with Crippen LogP contribution in [0.1, 0.15) is 48.5 Å². The summed E-state index contributed by atoms with van der Waals surface area (Å²) in [5.41, 5.74) is 0. The largest absolute Gasteiger partial charge is 0.357 e. The van der Waals surface area contributed by atoms with E-state index in [1.165, 1.54) is 29.1 Å². The van der Waals surface area contributed by atoms with Gasteiger partial charge in [-0.3, -0.25) is 9.89 Å². The van der Waals surface area contributed by atoms with Crippen molar-refractivity contribution >= 4 is 28.6 Å². The number of hydrogen-bond donors (Lipinski definition) is 2. The molecule has 0 aliphatic carbocycles. The first-order valence-electron chi connectivity index (χ1n) is 9.51. The van der Waals surface area contributed by atoms with Gasteiger partial charge in [0.15, 0.2) is 5.96 Å². The van der Waals surface area contributed by atoms with E-state index in [9.17, 15) is 0 Å². The number of piperidine rings is 1.